The average molecular weight is 285 g/mol. The lowest BCUT2D eigenvalue weighted by molar-refractivity contribution is -0.137. The zero-order valence-electron chi connectivity index (χ0n) is 11.3. The number of carboxylic acids is 1. The molecule has 0 aliphatic rings. The zero-order valence-corrected chi connectivity index (χ0v) is 12.1. The van der Waals surface area contributed by atoms with Gasteiger partial charge in [0.2, 0.25) is 0 Å². The van der Waals surface area contributed by atoms with Crippen LogP contribution in [0.4, 0.5) is 4.79 Å². The molecule has 7 heteroatoms. The van der Waals surface area contributed by atoms with Crippen LogP contribution >= 0.6 is 11.3 Å². The largest absolute Gasteiger partial charge is 0.481 e. The quantitative estimate of drug-likeness (QED) is 0.696. The number of urea groups is 1. The molecular formula is C12H19N3O3S. The second-order valence-electron chi connectivity index (χ2n) is 4.78. The highest BCUT2D eigenvalue weighted by Crippen LogP contribution is 2.24. The van der Waals surface area contributed by atoms with Crippen molar-refractivity contribution in [2.24, 2.45) is 0 Å². The molecule has 0 unspecified atom stereocenters. The Kier molecular flexibility index (Phi) is 5.29. The van der Waals surface area contributed by atoms with Crippen LogP contribution in [0, 0.1) is 6.92 Å². The van der Waals surface area contributed by atoms with Crippen molar-refractivity contribution in [3.63, 3.8) is 0 Å². The summed E-state index contributed by atoms with van der Waals surface area (Å²) in [6.07, 6.45) is 2.24. The van der Waals surface area contributed by atoms with E-state index in [1.54, 1.807) is 6.20 Å². The van der Waals surface area contributed by atoms with Gasteiger partial charge in [0.15, 0.2) is 0 Å². The maximum Gasteiger partial charge on any atom is 0.315 e. The van der Waals surface area contributed by atoms with Crippen LogP contribution < -0.4 is 10.6 Å². The second kappa shape index (κ2) is 6.51. The minimum Gasteiger partial charge on any atom is -0.481 e. The summed E-state index contributed by atoms with van der Waals surface area (Å²) in [6.45, 7) is 6.05. The van der Waals surface area contributed by atoms with E-state index in [2.05, 4.69) is 15.6 Å². The maximum atomic E-state index is 11.7. The predicted octanol–water partition coefficient (Wildman–Crippen LogP) is 1.85. The van der Waals surface area contributed by atoms with Gasteiger partial charge in [-0.1, -0.05) is 0 Å². The van der Waals surface area contributed by atoms with Crippen LogP contribution in [0.5, 0.6) is 0 Å². The fraction of sp³-hybridized carbons (Fsp3) is 0.583. The number of rotatable bonds is 6. The third kappa shape index (κ3) is 5.25. The Morgan fingerprint density at radius 2 is 2.16 bits per heavy atom. The van der Waals surface area contributed by atoms with Gasteiger partial charge in [-0.2, -0.15) is 0 Å². The Balaban J connectivity index is 2.40. The van der Waals surface area contributed by atoms with Crippen LogP contribution in [0.25, 0.3) is 0 Å². The highest BCUT2D eigenvalue weighted by atomic mass is 32.1. The summed E-state index contributed by atoms with van der Waals surface area (Å²) < 4.78 is 0. The Bertz CT molecular complexity index is 457. The fourth-order valence-electron chi connectivity index (χ4n) is 1.47. The highest BCUT2D eigenvalue weighted by Gasteiger charge is 2.25. The lowest BCUT2D eigenvalue weighted by atomic mass is 10.1. The average Bonchev–Trinajstić information content (AvgIpc) is 2.71. The number of aryl methyl sites for hydroxylation is 1. The normalized spacial score (nSPS) is 11.1. The SMILES string of the molecule is Cc1cnc(C(C)(C)NC(=O)NCCCC(=O)O)s1. The minimum atomic E-state index is -0.860. The number of hydrogen-bond acceptors (Lipinski definition) is 4. The first kappa shape index (κ1) is 15.4. The predicted molar refractivity (Wildman–Crippen MR) is 73.3 cm³/mol. The van der Waals surface area contributed by atoms with Crippen molar-refractivity contribution in [3.05, 3.63) is 16.1 Å². The molecule has 0 fully saturated rings. The molecule has 0 aliphatic carbocycles. The standard InChI is InChI=1S/C12H19N3O3S/c1-8-7-14-10(19-8)12(2,3)15-11(18)13-6-4-5-9(16)17/h7H,4-6H2,1-3H3,(H,16,17)(H2,13,15,18). The molecule has 0 saturated heterocycles. The number of hydrogen-bond donors (Lipinski definition) is 3. The summed E-state index contributed by atoms with van der Waals surface area (Å²) >= 11 is 1.54. The maximum absolute atomic E-state index is 11.7. The van der Waals surface area contributed by atoms with Crippen molar-refractivity contribution in [3.8, 4) is 0 Å². The molecule has 0 spiro atoms. The molecule has 6 nitrogen and oxygen atoms in total. The molecule has 0 bridgehead atoms. The van der Waals surface area contributed by atoms with Gasteiger partial charge in [0.25, 0.3) is 0 Å². The third-order valence-corrected chi connectivity index (χ3v) is 3.67. The fourth-order valence-corrected chi connectivity index (χ4v) is 2.29. The monoisotopic (exact) mass is 285 g/mol. The van der Waals surface area contributed by atoms with Crippen molar-refractivity contribution < 1.29 is 14.7 Å². The Labute approximate surface area is 116 Å². The van der Waals surface area contributed by atoms with Gasteiger partial charge in [-0.15, -0.1) is 11.3 Å². The molecule has 3 N–H and O–H groups in total. The summed E-state index contributed by atoms with van der Waals surface area (Å²) in [7, 11) is 0. The number of amides is 2. The van der Waals surface area contributed by atoms with Gasteiger partial charge in [-0.3, -0.25) is 4.79 Å². The Hall–Kier alpha value is -1.63. The van der Waals surface area contributed by atoms with Crippen LogP contribution in [0.15, 0.2) is 6.20 Å². The number of carboxylic acid groups (broad SMARTS) is 1. The molecular weight excluding hydrogens is 266 g/mol. The number of carbonyl (C=O) groups is 2. The van der Waals surface area contributed by atoms with Gasteiger partial charge in [0.1, 0.15) is 5.01 Å². The van der Waals surface area contributed by atoms with Crippen molar-refractivity contribution in [1.82, 2.24) is 15.6 Å². The first-order valence-electron chi connectivity index (χ1n) is 6.02. The van der Waals surface area contributed by atoms with Crippen LogP contribution in [0.3, 0.4) is 0 Å². The number of thiazole rings is 1. The molecule has 0 saturated carbocycles. The van der Waals surface area contributed by atoms with Crippen LogP contribution in [-0.4, -0.2) is 28.6 Å². The van der Waals surface area contributed by atoms with Gasteiger partial charge >= 0.3 is 12.0 Å². The van der Waals surface area contributed by atoms with E-state index in [1.165, 1.54) is 11.3 Å². The van der Waals surface area contributed by atoms with Gasteiger partial charge in [0, 0.05) is 24.0 Å². The smallest absolute Gasteiger partial charge is 0.315 e. The van der Waals surface area contributed by atoms with Gasteiger partial charge < -0.3 is 15.7 Å². The first-order valence-corrected chi connectivity index (χ1v) is 6.83. The van der Waals surface area contributed by atoms with Gasteiger partial charge in [0.05, 0.1) is 5.54 Å². The van der Waals surface area contributed by atoms with Crippen molar-refractivity contribution in [2.75, 3.05) is 6.54 Å². The highest BCUT2D eigenvalue weighted by molar-refractivity contribution is 7.11. The Morgan fingerprint density at radius 1 is 1.47 bits per heavy atom. The lowest BCUT2D eigenvalue weighted by Crippen LogP contribution is -2.46. The summed E-state index contributed by atoms with van der Waals surface area (Å²) in [6, 6.07) is -0.316. The molecule has 106 valence electrons. The van der Waals surface area contributed by atoms with E-state index in [-0.39, 0.29) is 12.5 Å². The molecule has 1 heterocycles. The Morgan fingerprint density at radius 3 is 2.68 bits per heavy atom. The van der Waals surface area contributed by atoms with Crippen LogP contribution in [0.2, 0.25) is 0 Å². The molecule has 1 aromatic rings. The number of nitrogens with one attached hydrogen (secondary N) is 2. The van der Waals surface area contributed by atoms with Crippen LogP contribution in [-0.2, 0) is 10.3 Å². The van der Waals surface area contributed by atoms with E-state index in [0.717, 1.165) is 9.88 Å². The number of nitrogens with zero attached hydrogens (tertiary/aromatic N) is 1. The van der Waals surface area contributed by atoms with E-state index < -0.39 is 11.5 Å². The molecule has 1 rings (SSSR count). The van der Waals surface area contributed by atoms with Gasteiger partial charge in [-0.25, -0.2) is 9.78 Å². The van der Waals surface area contributed by atoms with Crippen LogP contribution in [0.1, 0.15) is 36.6 Å². The molecule has 0 radical (unpaired) electrons. The zero-order chi connectivity index (χ0) is 14.5. The van der Waals surface area contributed by atoms with Crippen molar-refractivity contribution in [2.45, 2.75) is 39.2 Å². The minimum absolute atomic E-state index is 0.0509. The summed E-state index contributed by atoms with van der Waals surface area (Å²) in [4.78, 5) is 27.4. The summed E-state index contributed by atoms with van der Waals surface area (Å²) in [5, 5.41) is 14.8. The lowest BCUT2D eigenvalue weighted by Gasteiger charge is -2.23. The first-order chi connectivity index (χ1) is 8.81. The third-order valence-electron chi connectivity index (χ3n) is 2.43. The molecule has 0 aliphatic heterocycles. The number of aliphatic carboxylic acids is 1. The van der Waals surface area contributed by atoms with Crippen molar-refractivity contribution >= 4 is 23.3 Å². The van der Waals surface area contributed by atoms with E-state index in [9.17, 15) is 9.59 Å². The molecule has 0 atom stereocenters. The van der Waals surface area contributed by atoms with Gasteiger partial charge in [-0.05, 0) is 27.2 Å². The number of aromatic nitrogens is 1. The van der Waals surface area contributed by atoms with E-state index in [1.807, 2.05) is 20.8 Å². The second-order valence-corrected chi connectivity index (χ2v) is 6.01. The molecule has 0 aromatic carbocycles. The van der Waals surface area contributed by atoms with E-state index in [0.29, 0.717) is 13.0 Å². The number of carbonyl (C=O) groups excluding carboxylic acids is 1. The molecule has 19 heavy (non-hydrogen) atoms. The topological polar surface area (TPSA) is 91.3 Å². The van der Waals surface area contributed by atoms with E-state index >= 15 is 0 Å². The summed E-state index contributed by atoms with van der Waals surface area (Å²) in [5.74, 6) is -0.860. The molecule has 1 aromatic heterocycles. The summed E-state index contributed by atoms with van der Waals surface area (Å²) in [5.41, 5.74) is -0.546. The molecule has 2 amide bonds. The van der Waals surface area contributed by atoms with Crippen molar-refractivity contribution in [1.29, 1.82) is 0 Å². The van der Waals surface area contributed by atoms with E-state index in [4.69, 9.17) is 5.11 Å².